The third kappa shape index (κ3) is 2.48. The van der Waals surface area contributed by atoms with Crippen molar-refractivity contribution in [1.29, 1.82) is 5.26 Å². The average molecular weight is 201 g/mol. The first kappa shape index (κ1) is 10.0. The number of nitrogen functional groups attached to an aromatic ring is 1. The van der Waals surface area contributed by atoms with Gasteiger partial charge in [0.25, 0.3) is 0 Å². The highest BCUT2D eigenvalue weighted by Gasteiger charge is 2.12. The summed E-state index contributed by atoms with van der Waals surface area (Å²) in [4.78, 5) is 2.40. The molecule has 0 atom stereocenters. The van der Waals surface area contributed by atoms with Crippen molar-refractivity contribution >= 4 is 5.69 Å². The molecule has 3 nitrogen and oxygen atoms in total. The first-order valence-corrected chi connectivity index (χ1v) is 5.30. The summed E-state index contributed by atoms with van der Waals surface area (Å²) in [6.45, 7) is 3.24. The lowest BCUT2D eigenvalue weighted by Crippen LogP contribution is -2.18. The summed E-state index contributed by atoms with van der Waals surface area (Å²) < 4.78 is 0. The second-order valence-corrected chi connectivity index (χ2v) is 4.06. The molecule has 0 amide bonds. The highest BCUT2D eigenvalue weighted by atomic mass is 15.1. The van der Waals surface area contributed by atoms with Gasteiger partial charge in [0.2, 0.25) is 0 Å². The van der Waals surface area contributed by atoms with E-state index in [1.165, 1.54) is 12.8 Å². The fraction of sp³-hybridized carbons (Fsp3) is 0.417. The van der Waals surface area contributed by atoms with E-state index in [2.05, 4.69) is 11.0 Å². The van der Waals surface area contributed by atoms with E-state index in [1.807, 2.05) is 12.1 Å². The zero-order chi connectivity index (χ0) is 10.7. The molecule has 3 heteroatoms. The van der Waals surface area contributed by atoms with Gasteiger partial charge in [-0.2, -0.15) is 5.26 Å². The highest BCUT2D eigenvalue weighted by molar-refractivity contribution is 5.48. The van der Waals surface area contributed by atoms with Crippen LogP contribution in [0.1, 0.15) is 24.0 Å². The lowest BCUT2D eigenvalue weighted by Gasteiger charge is -2.14. The van der Waals surface area contributed by atoms with Crippen molar-refractivity contribution in [3.05, 3.63) is 29.3 Å². The summed E-state index contributed by atoms with van der Waals surface area (Å²) in [6, 6.07) is 7.73. The zero-order valence-electron chi connectivity index (χ0n) is 8.74. The molecule has 78 valence electrons. The molecule has 1 saturated heterocycles. The fourth-order valence-electron chi connectivity index (χ4n) is 2.07. The van der Waals surface area contributed by atoms with E-state index in [1.54, 1.807) is 6.07 Å². The number of hydrogen-bond donors (Lipinski definition) is 1. The van der Waals surface area contributed by atoms with Crippen LogP contribution in [-0.4, -0.2) is 18.0 Å². The molecule has 0 spiro atoms. The van der Waals surface area contributed by atoms with Crippen LogP contribution >= 0.6 is 0 Å². The van der Waals surface area contributed by atoms with Crippen LogP contribution in [0, 0.1) is 11.3 Å². The molecule has 0 bridgehead atoms. The van der Waals surface area contributed by atoms with Gasteiger partial charge in [0.15, 0.2) is 0 Å². The predicted octanol–water partition coefficient (Wildman–Crippen LogP) is 1.74. The van der Waals surface area contributed by atoms with Crippen molar-refractivity contribution in [2.24, 2.45) is 0 Å². The molecule has 1 heterocycles. The molecule has 1 aliphatic heterocycles. The third-order valence-corrected chi connectivity index (χ3v) is 2.75. The van der Waals surface area contributed by atoms with Crippen LogP contribution in [0.4, 0.5) is 5.69 Å². The number of nitriles is 1. The SMILES string of the molecule is N#Cc1cc(N)cc(CN2CCCC2)c1. The Bertz CT molecular complexity index is 386. The topological polar surface area (TPSA) is 53.1 Å². The highest BCUT2D eigenvalue weighted by Crippen LogP contribution is 2.16. The molecule has 1 aliphatic rings. The molecule has 0 unspecified atom stereocenters. The van der Waals surface area contributed by atoms with Gasteiger partial charge in [-0.25, -0.2) is 0 Å². The summed E-state index contributed by atoms with van der Waals surface area (Å²) in [5.74, 6) is 0. The van der Waals surface area contributed by atoms with Crippen molar-refractivity contribution in [1.82, 2.24) is 4.90 Å². The summed E-state index contributed by atoms with van der Waals surface area (Å²) in [5, 5.41) is 8.83. The van der Waals surface area contributed by atoms with Gasteiger partial charge in [-0.15, -0.1) is 0 Å². The monoisotopic (exact) mass is 201 g/mol. The second-order valence-electron chi connectivity index (χ2n) is 4.06. The van der Waals surface area contributed by atoms with Gasteiger partial charge < -0.3 is 5.73 Å². The Morgan fingerprint density at radius 1 is 1.27 bits per heavy atom. The Hall–Kier alpha value is -1.53. The zero-order valence-corrected chi connectivity index (χ0v) is 8.74. The van der Waals surface area contributed by atoms with Crippen LogP contribution < -0.4 is 5.73 Å². The minimum atomic E-state index is 0.657. The van der Waals surface area contributed by atoms with Gasteiger partial charge >= 0.3 is 0 Å². The number of likely N-dealkylation sites (tertiary alicyclic amines) is 1. The minimum Gasteiger partial charge on any atom is -0.399 e. The van der Waals surface area contributed by atoms with Crippen LogP contribution in [0.15, 0.2) is 18.2 Å². The molecule has 0 aliphatic carbocycles. The summed E-state index contributed by atoms with van der Waals surface area (Å²) in [6.07, 6.45) is 2.57. The van der Waals surface area contributed by atoms with E-state index in [4.69, 9.17) is 11.0 Å². The van der Waals surface area contributed by atoms with Crippen molar-refractivity contribution < 1.29 is 0 Å². The summed E-state index contributed by atoms with van der Waals surface area (Å²) in [5.41, 5.74) is 8.23. The third-order valence-electron chi connectivity index (χ3n) is 2.75. The van der Waals surface area contributed by atoms with E-state index in [-0.39, 0.29) is 0 Å². The molecular weight excluding hydrogens is 186 g/mol. The van der Waals surface area contributed by atoms with E-state index < -0.39 is 0 Å². The second kappa shape index (κ2) is 4.33. The normalized spacial score (nSPS) is 16.5. The quantitative estimate of drug-likeness (QED) is 0.741. The summed E-state index contributed by atoms with van der Waals surface area (Å²) >= 11 is 0. The lowest BCUT2D eigenvalue weighted by molar-refractivity contribution is 0.331. The summed E-state index contributed by atoms with van der Waals surface area (Å²) in [7, 11) is 0. The first-order valence-electron chi connectivity index (χ1n) is 5.30. The Kier molecular flexibility index (Phi) is 2.89. The van der Waals surface area contributed by atoms with Crippen molar-refractivity contribution in [2.75, 3.05) is 18.8 Å². The van der Waals surface area contributed by atoms with Crippen LogP contribution in [0.2, 0.25) is 0 Å². The maximum atomic E-state index is 8.83. The maximum Gasteiger partial charge on any atom is 0.0992 e. The number of benzene rings is 1. The number of anilines is 1. The minimum absolute atomic E-state index is 0.657. The van der Waals surface area contributed by atoms with Gasteiger partial charge in [-0.1, -0.05) is 0 Å². The smallest absolute Gasteiger partial charge is 0.0992 e. The van der Waals surface area contributed by atoms with E-state index in [9.17, 15) is 0 Å². The number of nitrogens with two attached hydrogens (primary N) is 1. The standard InChI is InChI=1S/C12H15N3/c13-8-10-5-11(7-12(14)6-10)9-15-3-1-2-4-15/h5-7H,1-4,9,14H2. The van der Waals surface area contributed by atoms with Gasteiger partial charge in [0.05, 0.1) is 11.6 Å². The van der Waals surface area contributed by atoms with Crippen LogP contribution in [0.5, 0.6) is 0 Å². The lowest BCUT2D eigenvalue weighted by atomic mass is 10.1. The molecule has 2 N–H and O–H groups in total. The Labute approximate surface area is 90.1 Å². The van der Waals surface area contributed by atoms with Gasteiger partial charge in [-0.05, 0) is 49.7 Å². The predicted molar refractivity (Wildman–Crippen MR) is 60.1 cm³/mol. The molecule has 0 saturated carbocycles. The van der Waals surface area contributed by atoms with E-state index in [0.717, 1.165) is 25.2 Å². The molecule has 15 heavy (non-hydrogen) atoms. The molecule has 1 aromatic carbocycles. The fourth-order valence-corrected chi connectivity index (χ4v) is 2.07. The largest absolute Gasteiger partial charge is 0.399 e. The Morgan fingerprint density at radius 3 is 2.67 bits per heavy atom. The molecule has 1 aromatic rings. The molecule has 1 fully saturated rings. The average Bonchev–Trinajstić information content (AvgIpc) is 2.69. The van der Waals surface area contributed by atoms with Gasteiger partial charge in [0, 0.05) is 12.2 Å². The maximum absolute atomic E-state index is 8.83. The Morgan fingerprint density at radius 2 is 2.00 bits per heavy atom. The first-order chi connectivity index (χ1) is 7.28. The van der Waals surface area contributed by atoms with Crippen molar-refractivity contribution in [3.63, 3.8) is 0 Å². The molecule has 0 radical (unpaired) electrons. The molecule has 0 aromatic heterocycles. The number of rotatable bonds is 2. The van der Waals surface area contributed by atoms with Crippen molar-refractivity contribution in [2.45, 2.75) is 19.4 Å². The van der Waals surface area contributed by atoms with Crippen molar-refractivity contribution in [3.8, 4) is 6.07 Å². The van der Waals surface area contributed by atoms with Crippen LogP contribution in [0.3, 0.4) is 0 Å². The van der Waals surface area contributed by atoms with Gasteiger partial charge in [0.1, 0.15) is 0 Å². The molecular formula is C12H15N3. The number of nitrogens with zero attached hydrogens (tertiary/aromatic N) is 2. The van der Waals surface area contributed by atoms with Crippen LogP contribution in [-0.2, 0) is 6.54 Å². The van der Waals surface area contributed by atoms with E-state index >= 15 is 0 Å². The molecule has 2 rings (SSSR count). The van der Waals surface area contributed by atoms with Gasteiger partial charge in [-0.3, -0.25) is 4.90 Å². The Balaban J connectivity index is 2.13. The van der Waals surface area contributed by atoms with Crippen LogP contribution in [0.25, 0.3) is 0 Å². The number of hydrogen-bond acceptors (Lipinski definition) is 3. The van der Waals surface area contributed by atoms with E-state index in [0.29, 0.717) is 11.3 Å².